The summed E-state index contributed by atoms with van der Waals surface area (Å²) in [6, 6.07) is 12.4. The molecule has 1 N–H and O–H groups in total. The number of nitrogens with one attached hydrogen (secondary N) is 1. The SMILES string of the molecule is CCOc1cc(C=C2C(=O)NC(=S)N(c3ccccc3)C2=O)cc(Br)c1OCC. The number of hydrogen-bond acceptors (Lipinski definition) is 5. The van der Waals surface area contributed by atoms with Crippen molar-refractivity contribution in [1.29, 1.82) is 0 Å². The van der Waals surface area contributed by atoms with E-state index >= 15 is 0 Å². The zero-order chi connectivity index (χ0) is 21.0. The van der Waals surface area contributed by atoms with E-state index in [0.717, 1.165) is 0 Å². The summed E-state index contributed by atoms with van der Waals surface area (Å²) in [7, 11) is 0. The number of benzene rings is 2. The number of para-hydroxylation sites is 1. The summed E-state index contributed by atoms with van der Waals surface area (Å²) in [5.74, 6) is 0.0563. The molecule has 0 spiro atoms. The van der Waals surface area contributed by atoms with Crippen LogP contribution in [0.4, 0.5) is 5.69 Å². The zero-order valence-electron chi connectivity index (χ0n) is 15.9. The number of hydrogen-bond donors (Lipinski definition) is 1. The first-order valence-corrected chi connectivity index (χ1v) is 10.2. The van der Waals surface area contributed by atoms with Crippen LogP contribution < -0.4 is 19.7 Å². The Morgan fingerprint density at radius 1 is 1.10 bits per heavy atom. The molecule has 2 amide bonds. The first-order valence-electron chi connectivity index (χ1n) is 9.01. The molecule has 1 aliphatic heterocycles. The van der Waals surface area contributed by atoms with Gasteiger partial charge in [0.05, 0.1) is 23.4 Å². The molecule has 1 fully saturated rings. The highest BCUT2D eigenvalue weighted by molar-refractivity contribution is 9.10. The molecule has 150 valence electrons. The minimum Gasteiger partial charge on any atom is -0.490 e. The summed E-state index contributed by atoms with van der Waals surface area (Å²) < 4.78 is 12.0. The van der Waals surface area contributed by atoms with Gasteiger partial charge in [0.25, 0.3) is 11.8 Å². The molecule has 0 atom stereocenters. The van der Waals surface area contributed by atoms with Crippen LogP contribution in [-0.2, 0) is 9.59 Å². The van der Waals surface area contributed by atoms with Crippen LogP contribution in [0.25, 0.3) is 6.08 Å². The molecular formula is C21H19BrN2O4S. The second kappa shape index (κ2) is 9.19. The summed E-state index contributed by atoms with van der Waals surface area (Å²) in [6.45, 7) is 4.67. The fourth-order valence-corrected chi connectivity index (χ4v) is 3.71. The number of rotatable bonds is 6. The van der Waals surface area contributed by atoms with Gasteiger partial charge in [-0.1, -0.05) is 18.2 Å². The summed E-state index contributed by atoms with van der Waals surface area (Å²) in [5.41, 5.74) is 1.17. The summed E-state index contributed by atoms with van der Waals surface area (Å²) in [6.07, 6.45) is 1.51. The lowest BCUT2D eigenvalue weighted by molar-refractivity contribution is -0.122. The maximum atomic E-state index is 13.1. The van der Waals surface area contributed by atoms with E-state index in [0.29, 0.717) is 40.4 Å². The fraction of sp³-hybridized carbons (Fsp3) is 0.190. The van der Waals surface area contributed by atoms with Crippen molar-refractivity contribution < 1.29 is 19.1 Å². The van der Waals surface area contributed by atoms with Crippen molar-refractivity contribution in [1.82, 2.24) is 5.32 Å². The Morgan fingerprint density at radius 3 is 2.45 bits per heavy atom. The summed E-state index contributed by atoms with van der Waals surface area (Å²) in [5, 5.41) is 2.62. The van der Waals surface area contributed by atoms with Gasteiger partial charge in [-0.3, -0.25) is 19.8 Å². The first kappa shape index (κ1) is 21.0. The van der Waals surface area contributed by atoms with Gasteiger partial charge in [-0.05, 0) is 77.9 Å². The Balaban J connectivity index is 2.03. The number of halogens is 1. The van der Waals surface area contributed by atoms with Gasteiger partial charge in [-0.15, -0.1) is 0 Å². The quantitative estimate of drug-likeness (QED) is 0.388. The lowest BCUT2D eigenvalue weighted by atomic mass is 10.1. The van der Waals surface area contributed by atoms with Crippen LogP contribution in [0.3, 0.4) is 0 Å². The van der Waals surface area contributed by atoms with Crippen LogP contribution in [0.5, 0.6) is 11.5 Å². The van der Waals surface area contributed by atoms with E-state index in [1.54, 1.807) is 36.4 Å². The monoisotopic (exact) mass is 474 g/mol. The van der Waals surface area contributed by atoms with Gasteiger partial charge in [0.1, 0.15) is 5.57 Å². The average molecular weight is 475 g/mol. The normalized spacial score (nSPS) is 15.5. The van der Waals surface area contributed by atoms with Gasteiger partial charge < -0.3 is 9.47 Å². The van der Waals surface area contributed by atoms with E-state index < -0.39 is 11.8 Å². The molecule has 1 saturated heterocycles. The standard InChI is InChI=1S/C21H19BrN2O4S/c1-3-27-17-12-13(11-16(22)18(17)28-4-2)10-15-19(25)23-21(29)24(20(15)26)14-8-6-5-7-9-14/h5-12H,3-4H2,1-2H3,(H,23,25,29). The molecule has 3 rings (SSSR count). The van der Waals surface area contributed by atoms with Crippen LogP contribution in [0.15, 0.2) is 52.5 Å². The van der Waals surface area contributed by atoms with Gasteiger partial charge in [0.15, 0.2) is 16.6 Å². The van der Waals surface area contributed by atoms with Crippen molar-refractivity contribution in [3.63, 3.8) is 0 Å². The highest BCUT2D eigenvalue weighted by Crippen LogP contribution is 2.37. The minimum atomic E-state index is -0.546. The molecule has 0 saturated carbocycles. The highest BCUT2D eigenvalue weighted by Gasteiger charge is 2.34. The molecule has 2 aromatic rings. The van der Waals surface area contributed by atoms with E-state index in [1.807, 2.05) is 19.9 Å². The molecule has 8 heteroatoms. The molecular weight excluding hydrogens is 456 g/mol. The number of ether oxygens (including phenoxy) is 2. The predicted octanol–water partition coefficient (Wildman–Crippen LogP) is 4.08. The van der Waals surface area contributed by atoms with Crippen molar-refractivity contribution in [2.24, 2.45) is 0 Å². The van der Waals surface area contributed by atoms with Gasteiger partial charge >= 0.3 is 0 Å². The third-order valence-electron chi connectivity index (χ3n) is 4.05. The maximum Gasteiger partial charge on any atom is 0.270 e. The van der Waals surface area contributed by atoms with Crippen LogP contribution in [0.1, 0.15) is 19.4 Å². The maximum absolute atomic E-state index is 13.1. The zero-order valence-corrected chi connectivity index (χ0v) is 18.3. The number of thiocarbonyl (C=S) groups is 1. The lowest BCUT2D eigenvalue weighted by Gasteiger charge is -2.28. The molecule has 1 heterocycles. The van der Waals surface area contributed by atoms with Gasteiger partial charge in [-0.2, -0.15) is 0 Å². The predicted molar refractivity (Wildman–Crippen MR) is 119 cm³/mol. The second-order valence-electron chi connectivity index (χ2n) is 5.99. The fourth-order valence-electron chi connectivity index (χ4n) is 2.85. The molecule has 0 bridgehead atoms. The van der Waals surface area contributed by atoms with E-state index in [4.69, 9.17) is 21.7 Å². The third kappa shape index (κ3) is 4.49. The topological polar surface area (TPSA) is 67.9 Å². The Labute approximate surface area is 182 Å². The van der Waals surface area contributed by atoms with Crippen molar-refractivity contribution in [3.8, 4) is 11.5 Å². The van der Waals surface area contributed by atoms with Crippen LogP contribution in [-0.4, -0.2) is 30.1 Å². The molecule has 6 nitrogen and oxygen atoms in total. The van der Waals surface area contributed by atoms with Crippen LogP contribution in [0, 0.1) is 0 Å². The van der Waals surface area contributed by atoms with Gasteiger partial charge in [0.2, 0.25) is 0 Å². The molecule has 0 aliphatic carbocycles. The smallest absolute Gasteiger partial charge is 0.270 e. The largest absolute Gasteiger partial charge is 0.490 e. The van der Waals surface area contributed by atoms with Crippen LogP contribution in [0.2, 0.25) is 0 Å². The van der Waals surface area contributed by atoms with Crippen molar-refractivity contribution >= 4 is 56.8 Å². The third-order valence-corrected chi connectivity index (χ3v) is 4.92. The van der Waals surface area contributed by atoms with Gasteiger partial charge in [0, 0.05) is 0 Å². The van der Waals surface area contributed by atoms with E-state index in [9.17, 15) is 9.59 Å². The molecule has 2 aromatic carbocycles. The number of carbonyl (C=O) groups is 2. The summed E-state index contributed by atoms with van der Waals surface area (Å²) >= 11 is 8.68. The van der Waals surface area contributed by atoms with Crippen molar-refractivity contribution in [2.45, 2.75) is 13.8 Å². The van der Waals surface area contributed by atoms with E-state index in [2.05, 4.69) is 21.2 Å². The Hall–Kier alpha value is -2.71. The van der Waals surface area contributed by atoms with E-state index in [-0.39, 0.29) is 10.7 Å². The average Bonchev–Trinajstić information content (AvgIpc) is 2.69. The molecule has 29 heavy (non-hydrogen) atoms. The number of amides is 2. The molecule has 1 aliphatic rings. The van der Waals surface area contributed by atoms with Crippen molar-refractivity contribution in [3.05, 3.63) is 58.1 Å². The number of carbonyl (C=O) groups excluding carboxylic acids is 2. The van der Waals surface area contributed by atoms with Crippen LogP contribution >= 0.6 is 28.1 Å². The molecule has 0 aromatic heterocycles. The number of anilines is 1. The Kier molecular flexibility index (Phi) is 6.66. The summed E-state index contributed by atoms with van der Waals surface area (Å²) in [4.78, 5) is 26.8. The molecule has 0 radical (unpaired) electrons. The van der Waals surface area contributed by atoms with Crippen molar-refractivity contribution in [2.75, 3.05) is 18.1 Å². The Morgan fingerprint density at radius 2 is 1.79 bits per heavy atom. The minimum absolute atomic E-state index is 0.0269. The lowest BCUT2D eigenvalue weighted by Crippen LogP contribution is -2.54. The Bertz CT molecular complexity index is 992. The second-order valence-corrected chi connectivity index (χ2v) is 7.23. The van der Waals surface area contributed by atoms with E-state index in [1.165, 1.54) is 11.0 Å². The van der Waals surface area contributed by atoms with Gasteiger partial charge in [-0.25, -0.2) is 0 Å². The molecule has 0 unspecified atom stereocenters. The number of nitrogens with zero attached hydrogens (tertiary/aromatic N) is 1. The first-order chi connectivity index (χ1) is 14.0. The highest BCUT2D eigenvalue weighted by atomic mass is 79.9.